The molecule has 1 saturated carbocycles. The molecule has 3 nitrogen and oxygen atoms in total. The third kappa shape index (κ3) is 2.38. The molecule has 1 aromatic carbocycles. The molecule has 1 aliphatic carbocycles. The number of benzene rings is 1. The zero-order valence-electron chi connectivity index (χ0n) is 13.5. The standard InChI is InChI=1S/C18H27N3/c1-4-21-16-6-5-14(3)11-15(16)20-17(21)18(12-19)9-7-13(2)8-10-18/h5-6,11,13H,4,7-10,12,19H2,1-3H3. The molecule has 3 rings (SSSR count). The van der Waals surface area contributed by atoms with Gasteiger partial charge in [0.25, 0.3) is 0 Å². The van der Waals surface area contributed by atoms with Gasteiger partial charge in [-0.15, -0.1) is 0 Å². The molecule has 0 amide bonds. The van der Waals surface area contributed by atoms with Crippen LogP contribution in [0.5, 0.6) is 0 Å². The van der Waals surface area contributed by atoms with Gasteiger partial charge < -0.3 is 10.3 Å². The molecule has 2 N–H and O–H groups in total. The van der Waals surface area contributed by atoms with E-state index in [0.717, 1.165) is 18.0 Å². The first-order valence-corrected chi connectivity index (χ1v) is 8.27. The van der Waals surface area contributed by atoms with Crippen LogP contribution in [-0.2, 0) is 12.0 Å². The number of nitrogens with zero attached hydrogens (tertiary/aromatic N) is 2. The van der Waals surface area contributed by atoms with Gasteiger partial charge in [0, 0.05) is 18.5 Å². The average Bonchev–Trinajstić information content (AvgIpc) is 2.86. The van der Waals surface area contributed by atoms with Gasteiger partial charge in [0.1, 0.15) is 5.82 Å². The molecule has 0 unspecified atom stereocenters. The van der Waals surface area contributed by atoms with Crippen molar-refractivity contribution in [3.8, 4) is 0 Å². The molecule has 3 heteroatoms. The molecule has 0 bridgehead atoms. The number of hydrogen-bond acceptors (Lipinski definition) is 2. The van der Waals surface area contributed by atoms with Crippen molar-refractivity contribution < 1.29 is 0 Å². The molecule has 0 atom stereocenters. The maximum atomic E-state index is 6.24. The van der Waals surface area contributed by atoms with Crippen LogP contribution in [0.2, 0.25) is 0 Å². The van der Waals surface area contributed by atoms with E-state index in [-0.39, 0.29) is 5.41 Å². The Kier molecular flexibility index (Phi) is 3.78. The normalized spacial score (nSPS) is 26.4. The van der Waals surface area contributed by atoms with Crippen molar-refractivity contribution in [2.24, 2.45) is 11.7 Å². The van der Waals surface area contributed by atoms with Crippen molar-refractivity contribution in [3.05, 3.63) is 29.6 Å². The van der Waals surface area contributed by atoms with E-state index in [4.69, 9.17) is 10.7 Å². The lowest BCUT2D eigenvalue weighted by Gasteiger charge is -2.38. The van der Waals surface area contributed by atoms with Gasteiger partial charge >= 0.3 is 0 Å². The van der Waals surface area contributed by atoms with Crippen LogP contribution in [0.4, 0.5) is 0 Å². The molecule has 1 aromatic heterocycles. The topological polar surface area (TPSA) is 43.8 Å². The van der Waals surface area contributed by atoms with Crippen molar-refractivity contribution in [1.82, 2.24) is 9.55 Å². The van der Waals surface area contributed by atoms with Gasteiger partial charge in [0.05, 0.1) is 11.0 Å². The zero-order valence-corrected chi connectivity index (χ0v) is 13.5. The Bertz CT molecular complexity index is 633. The van der Waals surface area contributed by atoms with Gasteiger partial charge in [0.2, 0.25) is 0 Å². The molecule has 114 valence electrons. The van der Waals surface area contributed by atoms with Gasteiger partial charge in [0.15, 0.2) is 0 Å². The largest absolute Gasteiger partial charge is 0.329 e. The molecule has 21 heavy (non-hydrogen) atoms. The number of aromatic nitrogens is 2. The molecular formula is C18H27N3. The average molecular weight is 285 g/mol. The quantitative estimate of drug-likeness (QED) is 0.933. The monoisotopic (exact) mass is 285 g/mol. The van der Waals surface area contributed by atoms with Crippen LogP contribution in [-0.4, -0.2) is 16.1 Å². The fraction of sp³-hybridized carbons (Fsp3) is 0.611. The van der Waals surface area contributed by atoms with Crippen LogP contribution < -0.4 is 5.73 Å². The number of hydrogen-bond donors (Lipinski definition) is 1. The molecule has 0 radical (unpaired) electrons. The predicted octanol–water partition coefficient (Wildman–Crippen LogP) is 3.77. The Hall–Kier alpha value is -1.35. The molecule has 0 saturated heterocycles. The highest BCUT2D eigenvalue weighted by Crippen LogP contribution is 2.41. The zero-order chi connectivity index (χ0) is 15.0. The fourth-order valence-electron chi connectivity index (χ4n) is 3.80. The lowest BCUT2D eigenvalue weighted by Crippen LogP contribution is -2.41. The summed E-state index contributed by atoms with van der Waals surface area (Å²) in [7, 11) is 0. The smallest absolute Gasteiger partial charge is 0.117 e. The van der Waals surface area contributed by atoms with Crippen molar-refractivity contribution in [2.75, 3.05) is 6.54 Å². The third-order valence-electron chi connectivity index (χ3n) is 5.32. The van der Waals surface area contributed by atoms with E-state index < -0.39 is 0 Å². The van der Waals surface area contributed by atoms with Crippen molar-refractivity contribution in [3.63, 3.8) is 0 Å². The minimum absolute atomic E-state index is 0.0788. The second-order valence-electron chi connectivity index (χ2n) is 6.84. The highest BCUT2D eigenvalue weighted by molar-refractivity contribution is 5.77. The summed E-state index contributed by atoms with van der Waals surface area (Å²) in [6.45, 7) is 8.37. The summed E-state index contributed by atoms with van der Waals surface area (Å²) in [4.78, 5) is 5.02. The van der Waals surface area contributed by atoms with Crippen LogP contribution in [0, 0.1) is 12.8 Å². The second kappa shape index (κ2) is 5.45. The fourth-order valence-corrected chi connectivity index (χ4v) is 3.80. The first-order valence-electron chi connectivity index (χ1n) is 8.27. The molecule has 1 aliphatic rings. The maximum absolute atomic E-state index is 6.24. The minimum atomic E-state index is 0.0788. The number of rotatable bonds is 3. The number of aryl methyl sites for hydroxylation is 2. The van der Waals surface area contributed by atoms with E-state index in [0.29, 0.717) is 6.54 Å². The van der Waals surface area contributed by atoms with Crippen LogP contribution in [0.15, 0.2) is 18.2 Å². The molecule has 2 aromatic rings. The summed E-state index contributed by atoms with van der Waals surface area (Å²) in [5.74, 6) is 2.05. The Morgan fingerprint density at radius 1 is 1.33 bits per heavy atom. The minimum Gasteiger partial charge on any atom is -0.329 e. The van der Waals surface area contributed by atoms with E-state index in [1.807, 2.05) is 0 Å². The third-order valence-corrected chi connectivity index (χ3v) is 5.32. The van der Waals surface area contributed by atoms with Crippen molar-refractivity contribution in [1.29, 1.82) is 0 Å². The first-order chi connectivity index (χ1) is 10.1. The molecule has 1 heterocycles. The van der Waals surface area contributed by atoms with E-state index in [1.165, 1.54) is 42.6 Å². The first kappa shape index (κ1) is 14.6. The Labute approximate surface area is 127 Å². The highest BCUT2D eigenvalue weighted by atomic mass is 15.1. The van der Waals surface area contributed by atoms with E-state index in [2.05, 4.69) is 43.5 Å². The summed E-state index contributed by atoms with van der Waals surface area (Å²) in [6.07, 6.45) is 4.88. The van der Waals surface area contributed by atoms with Gasteiger partial charge in [-0.05, 0) is 63.1 Å². The number of fused-ring (bicyclic) bond motifs is 1. The van der Waals surface area contributed by atoms with Crippen LogP contribution in [0.25, 0.3) is 11.0 Å². The number of imidazole rings is 1. The van der Waals surface area contributed by atoms with E-state index in [9.17, 15) is 0 Å². The second-order valence-corrected chi connectivity index (χ2v) is 6.84. The molecular weight excluding hydrogens is 258 g/mol. The lowest BCUT2D eigenvalue weighted by atomic mass is 9.70. The van der Waals surface area contributed by atoms with Gasteiger partial charge in [-0.1, -0.05) is 13.0 Å². The van der Waals surface area contributed by atoms with Crippen LogP contribution in [0.1, 0.15) is 50.9 Å². The van der Waals surface area contributed by atoms with Gasteiger partial charge in [-0.3, -0.25) is 0 Å². The summed E-state index contributed by atoms with van der Waals surface area (Å²) in [5.41, 5.74) is 9.97. The number of nitrogens with two attached hydrogens (primary N) is 1. The van der Waals surface area contributed by atoms with E-state index in [1.54, 1.807) is 0 Å². The van der Waals surface area contributed by atoms with Crippen LogP contribution in [0.3, 0.4) is 0 Å². The van der Waals surface area contributed by atoms with Crippen LogP contribution >= 0.6 is 0 Å². The van der Waals surface area contributed by atoms with E-state index >= 15 is 0 Å². The molecule has 0 aliphatic heterocycles. The SMILES string of the molecule is CCn1c(C2(CN)CCC(C)CC2)nc2cc(C)ccc21. The Balaban J connectivity index is 2.13. The summed E-state index contributed by atoms with van der Waals surface area (Å²) in [5, 5.41) is 0. The van der Waals surface area contributed by atoms with Gasteiger partial charge in [-0.2, -0.15) is 0 Å². The Morgan fingerprint density at radius 3 is 2.67 bits per heavy atom. The summed E-state index contributed by atoms with van der Waals surface area (Å²) >= 11 is 0. The molecule has 0 spiro atoms. The van der Waals surface area contributed by atoms with Gasteiger partial charge in [-0.25, -0.2) is 4.98 Å². The lowest BCUT2D eigenvalue weighted by molar-refractivity contribution is 0.232. The highest BCUT2D eigenvalue weighted by Gasteiger charge is 2.38. The summed E-state index contributed by atoms with van der Waals surface area (Å²) < 4.78 is 2.39. The predicted molar refractivity (Wildman–Crippen MR) is 88.5 cm³/mol. The Morgan fingerprint density at radius 2 is 2.05 bits per heavy atom. The maximum Gasteiger partial charge on any atom is 0.117 e. The van der Waals surface area contributed by atoms with Crippen molar-refractivity contribution in [2.45, 2.75) is 58.4 Å². The van der Waals surface area contributed by atoms with Crippen molar-refractivity contribution >= 4 is 11.0 Å². The molecule has 1 fully saturated rings. The summed E-state index contributed by atoms with van der Waals surface area (Å²) in [6, 6.07) is 6.58.